The van der Waals surface area contributed by atoms with E-state index in [1.807, 2.05) is 21.1 Å². The lowest BCUT2D eigenvalue weighted by Crippen LogP contribution is -2.44. The van der Waals surface area contributed by atoms with E-state index >= 15 is 0 Å². The highest BCUT2D eigenvalue weighted by molar-refractivity contribution is 5.70. The minimum atomic E-state index is -1.62. The van der Waals surface area contributed by atoms with Crippen LogP contribution in [0.1, 0.15) is 174 Å². The SMILES string of the molecule is CC/C=C\C/C=C\C/C=C\CCCCCCCC(=O)OC(COC(=O)CCCCCCCCCCCCCCCC)COC(OCC[N+](C)(C)C)C(=O)[O-]. The van der Waals surface area contributed by atoms with Crippen molar-refractivity contribution in [2.45, 2.75) is 187 Å². The van der Waals surface area contributed by atoms with Crippen LogP contribution in [0.25, 0.3) is 0 Å². The Labute approximate surface area is 330 Å². The van der Waals surface area contributed by atoms with Gasteiger partial charge in [-0.1, -0.05) is 153 Å². The van der Waals surface area contributed by atoms with Crippen LogP contribution in [0, 0.1) is 0 Å². The van der Waals surface area contributed by atoms with E-state index in [1.165, 1.54) is 70.6 Å². The number of hydrogen-bond acceptors (Lipinski definition) is 8. The number of esters is 2. The molecule has 0 saturated carbocycles. The van der Waals surface area contributed by atoms with E-state index in [0.29, 0.717) is 23.9 Å². The highest BCUT2D eigenvalue weighted by atomic mass is 16.7. The van der Waals surface area contributed by atoms with Gasteiger partial charge in [0.2, 0.25) is 0 Å². The quantitative estimate of drug-likeness (QED) is 0.0200. The lowest BCUT2D eigenvalue weighted by molar-refractivity contribution is -0.870. The van der Waals surface area contributed by atoms with Crippen molar-refractivity contribution >= 4 is 17.9 Å². The van der Waals surface area contributed by atoms with E-state index < -0.39 is 24.3 Å². The normalized spacial score (nSPS) is 13.3. The molecule has 0 spiro atoms. The van der Waals surface area contributed by atoms with Crippen molar-refractivity contribution in [3.8, 4) is 0 Å². The lowest BCUT2D eigenvalue weighted by Gasteiger charge is -2.26. The Kier molecular flexibility index (Phi) is 35.7. The van der Waals surface area contributed by atoms with Gasteiger partial charge in [0.1, 0.15) is 13.2 Å². The van der Waals surface area contributed by atoms with Crippen molar-refractivity contribution in [2.75, 3.05) is 47.5 Å². The number of hydrogen-bond donors (Lipinski definition) is 0. The molecule has 0 aromatic rings. The Balaban J connectivity index is 4.49. The maximum absolute atomic E-state index is 12.7. The molecule has 0 amide bonds. The number of carbonyl (C=O) groups is 3. The number of carbonyl (C=O) groups excluding carboxylic acids is 3. The number of rotatable bonds is 39. The summed E-state index contributed by atoms with van der Waals surface area (Å²) >= 11 is 0. The second-order valence-corrected chi connectivity index (χ2v) is 15.6. The number of nitrogens with zero attached hydrogens (tertiary/aromatic N) is 1. The Morgan fingerprint density at radius 2 is 1.06 bits per heavy atom. The number of aliphatic carboxylic acids is 1. The molecule has 0 aliphatic carbocycles. The molecule has 0 aliphatic rings. The van der Waals surface area contributed by atoms with Gasteiger partial charge in [0.05, 0.1) is 40.3 Å². The summed E-state index contributed by atoms with van der Waals surface area (Å²) in [5.41, 5.74) is 0. The van der Waals surface area contributed by atoms with Gasteiger partial charge < -0.3 is 33.3 Å². The molecule has 0 aliphatic heterocycles. The van der Waals surface area contributed by atoms with E-state index in [1.54, 1.807) is 0 Å². The fourth-order valence-electron chi connectivity index (χ4n) is 5.78. The standard InChI is InChI=1S/C45H81NO8/c1-6-8-10-12-14-16-18-20-22-24-26-28-30-32-34-36-43(48)54-41(40-53-45(44(49)50)51-38-37-46(3,4)5)39-52-42(47)35-33-31-29-27-25-23-21-19-17-15-13-11-9-7-2/h8,10,14,16,20,22,41,45H,6-7,9,11-13,15,17-19,21,23-40H2,1-5H3/b10-8-,16-14-,22-20-. The van der Waals surface area contributed by atoms with Crippen LogP contribution in [-0.2, 0) is 33.3 Å². The minimum Gasteiger partial charge on any atom is -0.545 e. The molecule has 2 atom stereocenters. The van der Waals surface area contributed by atoms with Gasteiger partial charge in [0.15, 0.2) is 12.4 Å². The maximum Gasteiger partial charge on any atom is 0.306 e. The molecule has 0 saturated heterocycles. The fraction of sp³-hybridized carbons (Fsp3) is 0.800. The van der Waals surface area contributed by atoms with Crippen LogP contribution in [0.2, 0.25) is 0 Å². The van der Waals surface area contributed by atoms with E-state index in [2.05, 4.69) is 50.3 Å². The smallest absolute Gasteiger partial charge is 0.306 e. The van der Waals surface area contributed by atoms with Crippen molar-refractivity contribution in [2.24, 2.45) is 0 Å². The number of carboxylic acid groups (broad SMARTS) is 1. The number of allylic oxidation sites excluding steroid dienone is 6. The van der Waals surface area contributed by atoms with Gasteiger partial charge in [-0.05, 0) is 44.9 Å². The second-order valence-electron chi connectivity index (χ2n) is 15.6. The Bertz CT molecular complexity index is 987. The summed E-state index contributed by atoms with van der Waals surface area (Å²) < 4.78 is 22.5. The van der Waals surface area contributed by atoms with Gasteiger partial charge in [-0.3, -0.25) is 9.59 Å². The molecule has 0 fully saturated rings. The molecule has 0 heterocycles. The predicted molar refractivity (Wildman–Crippen MR) is 219 cm³/mol. The Hall–Kier alpha value is -2.49. The van der Waals surface area contributed by atoms with E-state index in [0.717, 1.165) is 70.6 Å². The summed E-state index contributed by atoms with van der Waals surface area (Å²) in [7, 11) is 5.90. The van der Waals surface area contributed by atoms with E-state index in [9.17, 15) is 19.5 Å². The van der Waals surface area contributed by atoms with E-state index in [-0.39, 0.29) is 32.2 Å². The third-order valence-electron chi connectivity index (χ3n) is 9.15. The first-order valence-corrected chi connectivity index (χ1v) is 21.6. The second kappa shape index (κ2) is 37.4. The summed E-state index contributed by atoms with van der Waals surface area (Å²) in [6.45, 7) is 4.60. The molecule has 9 nitrogen and oxygen atoms in total. The van der Waals surface area contributed by atoms with Gasteiger partial charge in [-0.25, -0.2) is 0 Å². The van der Waals surface area contributed by atoms with Crippen molar-refractivity contribution < 1.29 is 42.9 Å². The van der Waals surface area contributed by atoms with Crippen LogP contribution in [0.15, 0.2) is 36.5 Å². The summed E-state index contributed by atoms with van der Waals surface area (Å²) in [6.07, 6.45) is 37.4. The van der Waals surface area contributed by atoms with Gasteiger partial charge in [0, 0.05) is 12.8 Å². The van der Waals surface area contributed by atoms with Crippen molar-refractivity contribution in [3.63, 3.8) is 0 Å². The zero-order chi connectivity index (χ0) is 40.0. The first-order valence-electron chi connectivity index (χ1n) is 21.6. The number of ether oxygens (including phenoxy) is 4. The van der Waals surface area contributed by atoms with Crippen molar-refractivity contribution in [1.82, 2.24) is 0 Å². The molecular weight excluding hydrogens is 682 g/mol. The number of unbranched alkanes of at least 4 members (excludes halogenated alkanes) is 18. The highest BCUT2D eigenvalue weighted by Crippen LogP contribution is 2.14. The van der Waals surface area contributed by atoms with Crippen molar-refractivity contribution in [1.29, 1.82) is 0 Å². The maximum atomic E-state index is 12.7. The fourth-order valence-corrected chi connectivity index (χ4v) is 5.78. The third kappa shape index (κ3) is 37.8. The molecule has 0 rings (SSSR count). The molecule has 54 heavy (non-hydrogen) atoms. The third-order valence-corrected chi connectivity index (χ3v) is 9.15. The van der Waals surface area contributed by atoms with Crippen LogP contribution in [0.3, 0.4) is 0 Å². The molecule has 0 aromatic carbocycles. The summed E-state index contributed by atoms with van der Waals surface area (Å²) in [6, 6.07) is 0. The first-order chi connectivity index (χ1) is 26.1. The minimum absolute atomic E-state index is 0.144. The van der Waals surface area contributed by atoms with Crippen LogP contribution < -0.4 is 5.11 Å². The Morgan fingerprint density at radius 1 is 0.574 bits per heavy atom. The van der Waals surface area contributed by atoms with E-state index in [4.69, 9.17) is 18.9 Å². The lowest BCUT2D eigenvalue weighted by atomic mass is 10.0. The average Bonchev–Trinajstić information content (AvgIpc) is 3.12. The highest BCUT2D eigenvalue weighted by Gasteiger charge is 2.21. The van der Waals surface area contributed by atoms with Crippen LogP contribution >= 0.6 is 0 Å². The molecule has 2 unspecified atom stereocenters. The van der Waals surface area contributed by atoms with Gasteiger partial charge >= 0.3 is 11.9 Å². The molecular formula is C45H81NO8. The molecule has 314 valence electrons. The zero-order valence-corrected chi connectivity index (χ0v) is 35.3. The number of likely N-dealkylation sites (N-methyl/N-ethyl adjacent to an activating group) is 1. The summed E-state index contributed by atoms with van der Waals surface area (Å²) in [4.78, 5) is 36.9. The molecule has 0 radical (unpaired) electrons. The summed E-state index contributed by atoms with van der Waals surface area (Å²) in [5.74, 6) is -2.31. The zero-order valence-electron chi connectivity index (χ0n) is 35.3. The molecule has 0 bridgehead atoms. The average molecular weight is 764 g/mol. The Morgan fingerprint density at radius 3 is 1.57 bits per heavy atom. The number of quaternary nitrogens is 1. The molecule has 0 aromatic heterocycles. The molecule has 9 heteroatoms. The van der Waals surface area contributed by atoms with Crippen LogP contribution in [-0.4, -0.2) is 82.3 Å². The molecule has 0 N–H and O–H groups in total. The largest absolute Gasteiger partial charge is 0.545 e. The van der Waals surface area contributed by atoms with Crippen LogP contribution in [0.4, 0.5) is 0 Å². The first kappa shape index (κ1) is 51.5. The van der Waals surface area contributed by atoms with Gasteiger partial charge in [-0.2, -0.15) is 0 Å². The van der Waals surface area contributed by atoms with Crippen molar-refractivity contribution in [3.05, 3.63) is 36.5 Å². The predicted octanol–water partition coefficient (Wildman–Crippen LogP) is 9.72. The number of carboxylic acids is 1. The topological polar surface area (TPSA) is 111 Å². The monoisotopic (exact) mass is 764 g/mol. The van der Waals surface area contributed by atoms with Crippen LogP contribution in [0.5, 0.6) is 0 Å². The summed E-state index contributed by atoms with van der Waals surface area (Å²) in [5, 5.41) is 11.7. The van der Waals surface area contributed by atoms with Gasteiger partial charge in [-0.15, -0.1) is 0 Å². The van der Waals surface area contributed by atoms with Gasteiger partial charge in [0.25, 0.3) is 0 Å².